The van der Waals surface area contributed by atoms with Crippen LogP contribution in [0.5, 0.6) is 0 Å². The molecule has 3 fully saturated rings. The average molecular weight is 364 g/mol. The fourth-order valence-corrected chi connectivity index (χ4v) is 4.54. The summed E-state index contributed by atoms with van der Waals surface area (Å²) in [5.41, 5.74) is -0.815. The van der Waals surface area contributed by atoms with Crippen LogP contribution in [-0.4, -0.2) is 57.8 Å². The fourth-order valence-electron chi connectivity index (χ4n) is 4.54. The highest BCUT2D eigenvalue weighted by Crippen LogP contribution is 2.54. The summed E-state index contributed by atoms with van der Waals surface area (Å²) in [6, 6.07) is 0. The fraction of sp³-hybridized carbons (Fsp3) is 0.579. The van der Waals surface area contributed by atoms with Crippen molar-refractivity contribution in [2.24, 2.45) is 17.8 Å². The van der Waals surface area contributed by atoms with E-state index in [0.29, 0.717) is 5.57 Å². The third-order valence-electron chi connectivity index (χ3n) is 5.93. The first-order valence-electron chi connectivity index (χ1n) is 8.57. The predicted octanol–water partition coefficient (Wildman–Crippen LogP) is 0.252. The number of hydrogen-bond acceptors (Lipinski definition) is 7. The maximum Gasteiger partial charge on any atom is 0.334 e. The third-order valence-corrected chi connectivity index (χ3v) is 5.93. The van der Waals surface area contributed by atoms with Crippen molar-refractivity contribution in [3.8, 4) is 0 Å². The summed E-state index contributed by atoms with van der Waals surface area (Å²) in [4.78, 5) is 24.2. The van der Waals surface area contributed by atoms with Crippen molar-refractivity contribution in [3.63, 3.8) is 0 Å². The molecule has 2 aliphatic carbocycles. The number of ether oxygens (including phenoxy) is 2. The van der Waals surface area contributed by atoms with Crippen molar-refractivity contribution >= 4 is 11.9 Å². The van der Waals surface area contributed by atoms with E-state index in [1.807, 2.05) is 0 Å². The Balaban J connectivity index is 2.04. The molecule has 7 unspecified atom stereocenters. The molecule has 7 nitrogen and oxygen atoms in total. The number of fused-ring (bicyclic) bond motifs is 3. The van der Waals surface area contributed by atoms with Gasteiger partial charge in [-0.2, -0.15) is 0 Å². The molecule has 0 radical (unpaired) electrons. The molecule has 0 aromatic heterocycles. The van der Waals surface area contributed by atoms with Crippen LogP contribution in [0.25, 0.3) is 0 Å². The summed E-state index contributed by atoms with van der Waals surface area (Å²) in [6.45, 7) is 12.2. The Hall–Kier alpha value is -1.96. The summed E-state index contributed by atoms with van der Waals surface area (Å²) >= 11 is 0. The van der Waals surface area contributed by atoms with E-state index in [1.54, 1.807) is 0 Å². The van der Waals surface area contributed by atoms with E-state index in [1.165, 1.54) is 6.92 Å². The topological polar surface area (TPSA) is 113 Å². The Morgan fingerprint density at radius 2 is 2.08 bits per heavy atom. The van der Waals surface area contributed by atoms with Gasteiger partial charge >= 0.3 is 11.9 Å². The van der Waals surface area contributed by atoms with Crippen LogP contribution in [0.4, 0.5) is 0 Å². The van der Waals surface area contributed by atoms with Crippen molar-refractivity contribution in [2.75, 3.05) is 6.61 Å². The normalized spacial score (nSPS) is 41.9. The Labute approximate surface area is 151 Å². The highest BCUT2D eigenvalue weighted by Gasteiger charge is 2.64. The number of aliphatic hydroxyl groups excluding tert-OH is 2. The van der Waals surface area contributed by atoms with Gasteiger partial charge in [0.1, 0.15) is 17.8 Å². The van der Waals surface area contributed by atoms with Crippen LogP contribution in [0.2, 0.25) is 0 Å². The molecule has 0 spiro atoms. The smallest absolute Gasteiger partial charge is 0.334 e. The summed E-state index contributed by atoms with van der Waals surface area (Å²) in [5.74, 6) is -3.08. The van der Waals surface area contributed by atoms with Gasteiger partial charge in [0.05, 0.1) is 18.6 Å². The minimum Gasteiger partial charge on any atom is -0.458 e. The van der Waals surface area contributed by atoms with Gasteiger partial charge in [0.25, 0.3) is 0 Å². The van der Waals surface area contributed by atoms with Crippen LogP contribution in [0.15, 0.2) is 36.5 Å². The zero-order chi connectivity index (χ0) is 19.4. The molecule has 142 valence electrons. The molecule has 1 aliphatic heterocycles. The Bertz CT molecular complexity index is 696. The predicted molar refractivity (Wildman–Crippen MR) is 90.6 cm³/mol. The average Bonchev–Trinajstić information content (AvgIpc) is 2.97. The minimum atomic E-state index is -1.84. The number of aliphatic hydroxyl groups is 3. The van der Waals surface area contributed by atoms with E-state index >= 15 is 0 Å². The molecule has 0 aromatic carbocycles. The monoisotopic (exact) mass is 364 g/mol. The molecule has 3 N–H and O–H groups in total. The van der Waals surface area contributed by atoms with Crippen LogP contribution in [0.3, 0.4) is 0 Å². The number of rotatable bonds is 3. The number of esters is 2. The van der Waals surface area contributed by atoms with Gasteiger partial charge in [0.15, 0.2) is 0 Å². The third kappa shape index (κ3) is 2.62. The summed E-state index contributed by atoms with van der Waals surface area (Å²) in [6.07, 6.45) is -2.39. The van der Waals surface area contributed by atoms with E-state index in [9.17, 15) is 24.9 Å². The van der Waals surface area contributed by atoms with Gasteiger partial charge in [-0.25, -0.2) is 9.59 Å². The van der Waals surface area contributed by atoms with Gasteiger partial charge in [0.2, 0.25) is 0 Å². The second-order valence-electron chi connectivity index (χ2n) is 7.54. The lowest BCUT2D eigenvalue weighted by Crippen LogP contribution is -2.53. The zero-order valence-electron chi connectivity index (χ0n) is 14.7. The van der Waals surface area contributed by atoms with Crippen LogP contribution in [-0.2, 0) is 19.1 Å². The van der Waals surface area contributed by atoms with E-state index < -0.39 is 54.3 Å². The molecule has 7 heteroatoms. The first-order chi connectivity index (χ1) is 12.1. The second-order valence-corrected chi connectivity index (χ2v) is 7.54. The number of hydrogen-bond donors (Lipinski definition) is 3. The number of carbonyl (C=O) groups excluding carboxylic acids is 2. The molecule has 3 aliphatic rings. The van der Waals surface area contributed by atoms with Crippen molar-refractivity contribution in [1.29, 1.82) is 0 Å². The molecule has 3 rings (SSSR count). The van der Waals surface area contributed by atoms with Crippen molar-refractivity contribution in [2.45, 2.75) is 43.7 Å². The molecule has 1 saturated heterocycles. The van der Waals surface area contributed by atoms with Crippen LogP contribution in [0, 0.1) is 17.8 Å². The first kappa shape index (κ1) is 18.8. The largest absolute Gasteiger partial charge is 0.458 e. The maximum absolute atomic E-state index is 12.2. The van der Waals surface area contributed by atoms with Gasteiger partial charge in [-0.3, -0.25) is 0 Å². The van der Waals surface area contributed by atoms with Gasteiger partial charge in [-0.15, -0.1) is 0 Å². The molecule has 0 bridgehead atoms. The number of carbonyl (C=O) groups is 2. The molecule has 1 heterocycles. The minimum absolute atomic E-state index is 0.143. The van der Waals surface area contributed by atoms with Crippen molar-refractivity contribution < 1.29 is 34.4 Å². The van der Waals surface area contributed by atoms with Gasteiger partial charge in [0, 0.05) is 23.5 Å². The molecule has 0 amide bonds. The van der Waals surface area contributed by atoms with E-state index in [0.717, 1.165) is 0 Å². The van der Waals surface area contributed by atoms with Crippen molar-refractivity contribution in [1.82, 2.24) is 0 Å². The maximum atomic E-state index is 12.2. The molecule has 0 aromatic rings. The summed E-state index contributed by atoms with van der Waals surface area (Å²) in [7, 11) is 0. The van der Waals surface area contributed by atoms with Crippen LogP contribution in [0.1, 0.15) is 19.8 Å². The SMILES string of the molecule is C=C(C)C(=O)OC1CC(=C)C2CC(O)C(O)(CO)C2C2OC(=O)C(=C)C12. The molecule has 26 heavy (non-hydrogen) atoms. The van der Waals surface area contributed by atoms with Gasteiger partial charge < -0.3 is 24.8 Å². The lowest BCUT2D eigenvalue weighted by atomic mass is 9.76. The Morgan fingerprint density at radius 3 is 2.65 bits per heavy atom. The summed E-state index contributed by atoms with van der Waals surface area (Å²) < 4.78 is 11.0. The first-order valence-corrected chi connectivity index (χ1v) is 8.57. The lowest BCUT2D eigenvalue weighted by Gasteiger charge is -2.37. The van der Waals surface area contributed by atoms with Gasteiger partial charge in [-0.05, 0) is 19.3 Å². The van der Waals surface area contributed by atoms with Crippen molar-refractivity contribution in [3.05, 3.63) is 36.5 Å². The quantitative estimate of drug-likeness (QED) is 0.374. The van der Waals surface area contributed by atoms with E-state index in [4.69, 9.17) is 9.47 Å². The summed E-state index contributed by atoms with van der Waals surface area (Å²) in [5, 5.41) is 31.0. The second kappa shape index (κ2) is 6.33. The van der Waals surface area contributed by atoms with Gasteiger partial charge in [-0.1, -0.05) is 25.3 Å². The van der Waals surface area contributed by atoms with Crippen LogP contribution >= 0.6 is 0 Å². The lowest BCUT2D eigenvalue weighted by molar-refractivity contribution is -0.164. The highest BCUT2D eigenvalue weighted by atomic mass is 16.6. The standard InChI is InChI=1S/C19H24O7/c1-8(2)17(22)25-12-5-9(3)11-6-13(21)19(24,7-20)15(11)16-14(12)10(4)18(23)26-16/h11-16,20-21,24H,1,3-7H2,2H3. The van der Waals surface area contributed by atoms with E-state index in [2.05, 4.69) is 19.7 Å². The van der Waals surface area contributed by atoms with E-state index in [-0.39, 0.29) is 29.9 Å². The highest BCUT2D eigenvalue weighted by molar-refractivity contribution is 5.91. The molecule has 2 saturated carbocycles. The Morgan fingerprint density at radius 1 is 1.42 bits per heavy atom. The zero-order valence-corrected chi connectivity index (χ0v) is 14.7. The molecular weight excluding hydrogens is 340 g/mol. The molecular formula is C19H24O7. The Kier molecular flexibility index (Phi) is 4.58. The molecule has 7 atom stereocenters. The van der Waals surface area contributed by atoms with Crippen LogP contribution < -0.4 is 0 Å².